The third-order valence-corrected chi connectivity index (χ3v) is 6.50. The minimum absolute atomic E-state index is 0.0723. The van der Waals surface area contributed by atoms with E-state index in [0.717, 1.165) is 17.8 Å². The second-order valence-corrected chi connectivity index (χ2v) is 9.11. The maximum atomic E-state index is 13.4. The lowest BCUT2D eigenvalue weighted by molar-refractivity contribution is -0.143. The van der Waals surface area contributed by atoms with Crippen LogP contribution >= 0.6 is 11.8 Å². The predicted molar refractivity (Wildman–Crippen MR) is 116 cm³/mol. The van der Waals surface area contributed by atoms with Crippen molar-refractivity contribution in [3.63, 3.8) is 0 Å². The molecule has 4 rings (SSSR count). The maximum absolute atomic E-state index is 13.4. The third kappa shape index (κ3) is 6.45. The Balaban J connectivity index is 1.38. The second kappa shape index (κ2) is 10.1. The summed E-state index contributed by atoms with van der Waals surface area (Å²) >= 11 is 0.990. The molecule has 6 nitrogen and oxygen atoms in total. The molecule has 0 atom stereocenters. The monoisotopic (exact) mass is 518 g/mol. The molecular weight excluding hydrogens is 498 g/mol. The van der Waals surface area contributed by atoms with Gasteiger partial charge < -0.3 is 9.73 Å². The van der Waals surface area contributed by atoms with E-state index in [1.807, 2.05) is 6.08 Å². The van der Waals surface area contributed by atoms with Gasteiger partial charge in [0.05, 0.1) is 28.8 Å². The number of piperidine rings is 1. The zero-order valence-corrected chi connectivity index (χ0v) is 18.9. The van der Waals surface area contributed by atoms with Crippen LogP contribution in [-0.4, -0.2) is 34.0 Å². The molecule has 2 aliphatic rings. The van der Waals surface area contributed by atoms with E-state index in [-0.39, 0.29) is 35.9 Å². The fraction of sp³-hybridized carbons (Fsp3) is 0.409. The summed E-state index contributed by atoms with van der Waals surface area (Å²) in [5.74, 6) is 0.925. The number of carbonyl (C=O) groups is 1. The quantitative estimate of drug-likeness (QED) is 0.500. The lowest BCUT2D eigenvalue weighted by Crippen LogP contribution is -2.33. The van der Waals surface area contributed by atoms with Crippen LogP contribution in [0.2, 0.25) is 0 Å². The van der Waals surface area contributed by atoms with Gasteiger partial charge in [-0.15, -0.1) is 0 Å². The first-order valence-corrected chi connectivity index (χ1v) is 11.5. The number of rotatable bonds is 5. The molecule has 0 aliphatic carbocycles. The lowest BCUT2D eigenvalue weighted by Gasteiger charge is -2.31. The SMILES string of the molecule is O=C1N=C(NCc2ncco2)C(=CC2CCN(Cc3ccc(C(F)(F)F)cc3C(F)(F)F)CC2)S1. The van der Waals surface area contributed by atoms with Crippen molar-refractivity contribution >= 4 is 22.8 Å². The van der Waals surface area contributed by atoms with Gasteiger partial charge in [-0.25, -0.2) is 4.98 Å². The average molecular weight is 518 g/mol. The number of aliphatic imine (C=N–C) groups is 1. The smallest absolute Gasteiger partial charge is 0.416 e. The molecule has 1 aromatic carbocycles. The first kappa shape index (κ1) is 25.3. The Morgan fingerprint density at radius 3 is 2.51 bits per heavy atom. The lowest BCUT2D eigenvalue weighted by atomic mass is 9.95. The summed E-state index contributed by atoms with van der Waals surface area (Å²) < 4.78 is 84.1. The zero-order chi connectivity index (χ0) is 25.2. The fourth-order valence-corrected chi connectivity index (χ4v) is 4.74. The summed E-state index contributed by atoms with van der Waals surface area (Å²) in [6.07, 6.45) is -3.65. The normalized spacial score (nSPS) is 19.4. The van der Waals surface area contributed by atoms with Crippen LogP contribution in [0.4, 0.5) is 31.1 Å². The van der Waals surface area contributed by atoms with Gasteiger partial charge in [0.2, 0.25) is 5.89 Å². The van der Waals surface area contributed by atoms with Crippen molar-refractivity contribution in [2.45, 2.75) is 38.3 Å². The third-order valence-electron chi connectivity index (χ3n) is 5.68. The molecule has 188 valence electrons. The first-order chi connectivity index (χ1) is 16.5. The number of likely N-dealkylation sites (tertiary alicyclic amines) is 1. The Kier molecular flexibility index (Phi) is 7.27. The summed E-state index contributed by atoms with van der Waals surface area (Å²) in [6, 6.07) is 1.76. The number of aromatic nitrogens is 1. The van der Waals surface area contributed by atoms with Crippen molar-refractivity contribution in [1.82, 2.24) is 15.2 Å². The van der Waals surface area contributed by atoms with Crippen molar-refractivity contribution in [1.29, 1.82) is 0 Å². The molecule has 1 N–H and O–H groups in total. The molecule has 35 heavy (non-hydrogen) atoms. The Bertz CT molecular complexity index is 1120. The van der Waals surface area contributed by atoms with Crippen LogP contribution in [-0.2, 0) is 25.4 Å². The standard InChI is InChI=1S/C22H20F6N4O2S/c23-21(24,25)15-2-1-14(16(10-15)22(26,27)28)12-32-6-3-13(4-7-32)9-17-19(31-20(33)35-17)30-11-18-29-5-8-34-18/h1-2,5,8-10,13H,3-4,6-7,11-12H2,(H,30,31,33). The molecule has 1 fully saturated rings. The highest BCUT2D eigenvalue weighted by atomic mass is 32.2. The van der Waals surface area contributed by atoms with Crippen LogP contribution in [0.5, 0.6) is 0 Å². The molecule has 0 radical (unpaired) electrons. The summed E-state index contributed by atoms with van der Waals surface area (Å²) in [7, 11) is 0. The van der Waals surface area contributed by atoms with Crippen LogP contribution in [0.3, 0.4) is 0 Å². The maximum Gasteiger partial charge on any atom is 0.416 e. The van der Waals surface area contributed by atoms with E-state index in [4.69, 9.17) is 4.42 Å². The van der Waals surface area contributed by atoms with Crippen LogP contribution in [0.15, 0.2) is 51.0 Å². The van der Waals surface area contributed by atoms with Gasteiger partial charge in [-0.3, -0.25) is 9.69 Å². The molecule has 0 unspecified atom stereocenters. The van der Waals surface area contributed by atoms with Crippen LogP contribution < -0.4 is 5.32 Å². The number of allylic oxidation sites excluding steroid dienone is 1. The molecule has 1 amide bonds. The Hall–Kier alpha value is -2.80. The molecule has 2 aromatic rings. The molecule has 0 bridgehead atoms. The Morgan fingerprint density at radius 2 is 1.89 bits per heavy atom. The first-order valence-electron chi connectivity index (χ1n) is 10.6. The predicted octanol–water partition coefficient (Wildman–Crippen LogP) is 5.86. The van der Waals surface area contributed by atoms with Crippen LogP contribution in [0, 0.1) is 5.92 Å². The van der Waals surface area contributed by atoms with Gasteiger partial charge in [-0.05, 0) is 61.3 Å². The Labute approximate surface area is 200 Å². The highest BCUT2D eigenvalue weighted by Crippen LogP contribution is 2.38. The number of thioether (sulfide) groups is 1. The van der Waals surface area contributed by atoms with E-state index in [1.54, 1.807) is 4.90 Å². The Morgan fingerprint density at radius 1 is 1.14 bits per heavy atom. The zero-order valence-electron chi connectivity index (χ0n) is 18.1. The number of nitrogens with one attached hydrogen (secondary N) is 1. The van der Waals surface area contributed by atoms with Gasteiger partial charge in [0.25, 0.3) is 0 Å². The van der Waals surface area contributed by atoms with Crippen molar-refractivity contribution in [2.24, 2.45) is 10.9 Å². The minimum atomic E-state index is -4.89. The van der Waals surface area contributed by atoms with E-state index in [0.29, 0.717) is 48.6 Å². The van der Waals surface area contributed by atoms with Crippen LogP contribution in [0.1, 0.15) is 35.4 Å². The van der Waals surface area contributed by atoms with Gasteiger partial charge in [-0.2, -0.15) is 31.3 Å². The number of hydrogen-bond donors (Lipinski definition) is 1. The van der Waals surface area contributed by atoms with Gasteiger partial charge in [0.1, 0.15) is 12.1 Å². The summed E-state index contributed by atoms with van der Waals surface area (Å²) in [5.41, 5.74) is -2.78. The number of amidine groups is 1. The van der Waals surface area contributed by atoms with Crippen molar-refractivity contribution in [2.75, 3.05) is 13.1 Å². The minimum Gasteiger partial charge on any atom is -0.447 e. The molecule has 1 aromatic heterocycles. The summed E-state index contributed by atoms with van der Waals surface area (Å²) in [6.45, 7) is 1.07. The van der Waals surface area contributed by atoms with Crippen LogP contribution in [0.25, 0.3) is 0 Å². The summed E-state index contributed by atoms with van der Waals surface area (Å²) in [5, 5.41) is 2.66. The van der Waals surface area contributed by atoms with Crippen molar-refractivity contribution in [3.05, 3.63) is 64.2 Å². The fourth-order valence-electron chi connectivity index (χ4n) is 3.94. The average Bonchev–Trinajstić information content (AvgIpc) is 3.41. The number of nitrogens with zero attached hydrogens (tertiary/aromatic N) is 3. The highest BCUT2D eigenvalue weighted by molar-refractivity contribution is 8.18. The van der Waals surface area contributed by atoms with E-state index >= 15 is 0 Å². The van der Waals surface area contributed by atoms with Gasteiger partial charge in [-0.1, -0.05) is 12.1 Å². The molecule has 0 spiro atoms. The number of halogens is 6. The number of oxazole rings is 1. The van der Waals surface area contributed by atoms with E-state index in [9.17, 15) is 31.1 Å². The number of alkyl halides is 6. The number of benzene rings is 1. The van der Waals surface area contributed by atoms with Crippen molar-refractivity contribution in [3.8, 4) is 0 Å². The molecule has 0 saturated carbocycles. The number of amides is 1. The molecule has 2 aliphatic heterocycles. The number of hydrogen-bond acceptors (Lipinski definition) is 6. The van der Waals surface area contributed by atoms with E-state index in [1.165, 1.54) is 12.5 Å². The van der Waals surface area contributed by atoms with E-state index in [2.05, 4.69) is 15.3 Å². The van der Waals surface area contributed by atoms with Gasteiger partial charge in [0, 0.05) is 6.54 Å². The van der Waals surface area contributed by atoms with E-state index < -0.39 is 23.5 Å². The van der Waals surface area contributed by atoms with Gasteiger partial charge in [0.15, 0.2) is 0 Å². The topological polar surface area (TPSA) is 70.7 Å². The van der Waals surface area contributed by atoms with Gasteiger partial charge >= 0.3 is 17.6 Å². The highest BCUT2D eigenvalue weighted by Gasteiger charge is 2.38. The molecule has 1 saturated heterocycles. The molecule has 13 heteroatoms. The number of carbonyl (C=O) groups excluding carboxylic acids is 1. The summed E-state index contributed by atoms with van der Waals surface area (Å²) in [4.78, 5) is 22.2. The van der Waals surface area contributed by atoms with Crippen molar-refractivity contribution < 1.29 is 35.6 Å². The largest absolute Gasteiger partial charge is 0.447 e. The second-order valence-electron chi connectivity index (χ2n) is 8.12. The molecular formula is C22H20F6N4O2S. The molecule has 3 heterocycles.